The summed E-state index contributed by atoms with van der Waals surface area (Å²) < 4.78 is 0. The maximum Gasteiger partial charge on any atom is 0.325 e. The molecule has 1 heterocycles. The van der Waals surface area contributed by atoms with Crippen LogP contribution >= 0.6 is 12.4 Å². The second-order valence-electron chi connectivity index (χ2n) is 7.48. The number of nitrogens with zero attached hydrogens (tertiary/aromatic N) is 2. The second kappa shape index (κ2) is 10.6. The predicted molar refractivity (Wildman–Crippen MR) is 123 cm³/mol. The van der Waals surface area contributed by atoms with Gasteiger partial charge in [0, 0.05) is 0 Å². The summed E-state index contributed by atoms with van der Waals surface area (Å²) in [6.45, 7) is 1.01. The first-order valence-electron chi connectivity index (χ1n) is 9.78. The Labute approximate surface area is 196 Å². The number of rotatable bonds is 8. The van der Waals surface area contributed by atoms with Crippen LogP contribution in [0.5, 0.6) is 0 Å². The molecule has 1 saturated heterocycles. The second-order valence-corrected chi connectivity index (χ2v) is 7.48. The minimum Gasteiger partial charge on any atom is -0.481 e. The fraction of sp³-hybridized carbons (Fsp3) is 0.227. The molecule has 0 bridgehead atoms. The fourth-order valence-corrected chi connectivity index (χ4v) is 3.52. The van der Waals surface area contributed by atoms with Crippen molar-refractivity contribution in [1.82, 2.24) is 15.5 Å². The molecule has 1 fully saturated rings. The first kappa shape index (κ1) is 25.3. The molecule has 174 valence electrons. The number of hydrogen-bond acceptors (Lipinski definition) is 6. The van der Waals surface area contributed by atoms with Crippen molar-refractivity contribution < 1.29 is 24.3 Å². The van der Waals surface area contributed by atoms with Gasteiger partial charge in [0.2, 0.25) is 5.91 Å². The highest BCUT2D eigenvalue weighted by molar-refractivity contribution is 6.09. The SMILES string of the molecule is C[C@@]1(c2ccc(C=NN)cc2)NC(=O)N(CC(=O)N[C@@H](CC(=O)O)c2ccccc2)C1=O.Cl. The number of carbonyl (C=O) groups excluding carboxylic acids is 3. The number of hydrogen-bond donors (Lipinski definition) is 4. The van der Waals surface area contributed by atoms with Crippen molar-refractivity contribution in [2.24, 2.45) is 10.9 Å². The lowest BCUT2D eigenvalue weighted by Gasteiger charge is -2.23. The predicted octanol–water partition coefficient (Wildman–Crippen LogP) is 1.50. The summed E-state index contributed by atoms with van der Waals surface area (Å²) in [5.74, 6) is 2.80. The molecule has 10 nitrogen and oxygen atoms in total. The molecule has 0 spiro atoms. The molecular weight excluding hydrogens is 450 g/mol. The average molecular weight is 474 g/mol. The first-order chi connectivity index (χ1) is 15.2. The number of imide groups is 1. The summed E-state index contributed by atoms with van der Waals surface area (Å²) in [7, 11) is 0. The van der Waals surface area contributed by atoms with Crippen LogP contribution in [0.15, 0.2) is 59.7 Å². The van der Waals surface area contributed by atoms with Crippen LogP contribution in [0.1, 0.15) is 36.1 Å². The molecule has 5 N–H and O–H groups in total. The molecule has 0 radical (unpaired) electrons. The van der Waals surface area contributed by atoms with Gasteiger partial charge in [0.1, 0.15) is 12.1 Å². The third-order valence-electron chi connectivity index (χ3n) is 5.20. The van der Waals surface area contributed by atoms with E-state index in [4.69, 9.17) is 5.84 Å². The molecule has 11 heteroatoms. The molecule has 2 atom stereocenters. The third-order valence-corrected chi connectivity index (χ3v) is 5.20. The Kier molecular flexibility index (Phi) is 8.14. The molecule has 1 aliphatic heterocycles. The molecular formula is C22H24ClN5O5. The minimum absolute atomic E-state index is 0. The van der Waals surface area contributed by atoms with Gasteiger partial charge in [-0.1, -0.05) is 54.6 Å². The molecule has 4 amide bonds. The maximum absolute atomic E-state index is 13.0. The largest absolute Gasteiger partial charge is 0.481 e. The van der Waals surface area contributed by atoms with Crippen molar-refractivity contribution >= 4 is 42.4 Å². The van der Waals surface area contributed by atoms with E-state index in [1.165, 1.54) is 6.21 Å². The Morgan fingerprint density at radius 2 is 1.82 bits per heavy atom. The highest BCUT2D eigenvalue weighted by Gasteiger charge is 2.49. The Morgan fingerprint density at radius 3 is 2.39 bits per heavy atom. The lowest BCUT2D eigenvalue weighted by atomic mass is 9.91. The molecule has 2 aromatic rings. The van der Waals surface area contributed by atoms with Crippen LogP contribution in [0, 0.1) is 0 Å². The van der Waals surface area contributed by atoms with Gasteiger partial charge in [-0.25, -0.2) is 4.79 Å². The van der Waals surface area contributed by atoms with Crippen molar-refractivity contribution in [2.45, 2.75) is 24.9 Å². The van der Waals surface area contributed by atoms with E-state index in [9.17, 15) is 24.3 Å². The number of amides is 4. The highest BCUT2D eigenvalue weighted by atomic mass is 35.5. The van der Waals surface area contributed by atoms with E-state index in [1.807, 2.05) is 0 Å². The third kappa shape index (κ3) is 5.66. The van der Waals surface area contributed by atoms with Crippen LogP contribution in [0.3, 0.4) is 0 Å². The zero-order valence-electron chi connectivity index (χ0n) is 17.7. The molecule has 3 rings (SSSR count). The topological polar surface area (TPSA) is 154 Å². The van der Waals surface area contributed by atoms with Gasteiger partial charge in [-0.15, -0.1) is 12.4 Å². The monoisotopic (exact) mass is 473 g/mol. The number of carboxylic acid groups (broad SMARTS) is 1. The van der Waals surface area contributed by atoms with Gasteiger partial charge < -0.3 is 21.6 Å². The summed E-state index contributed by atoms with van der Waals surface area (Å²) in [6.07, 6.45) is 1.10. The van der Waals surface area contributed by atoms with Crippen LogP contribution in [0.25, 0.3) is 0 Å². The van der Waals surface area contributed by atoms with Gasteiger partial charge in [-0.2, -0.15) is 5.10 Å². The molecule has 0 aliphatic carbocycles. The molecule has 0 saturated carbocycles. The molecule has 33 heavy (non-hydrogen) atoms. The van der Waals surface area contributed by atoms with Gasteiger partial charge >= 0.3 is 12.0 Å². The van der Waals surface area contributed by atoms with Crippen molar-refractivity contribution in [3.8, 4) is 0 Å². The number of urea groups is 1. The number of benzene rings is 2. The Bertz CT molecular complexity index is 1060. The van der Waals surface area contributed by atoms with E-state index in [2.05, 4.69) is 15.7 Å². The molecule has 2 aromatic carbocycles. The Hall–Kier alpha value is -3.92. The number of carboxylic acids is 1. The van der Waals surface area contributed by atoms with Crippen molar-refractivity contribution in [1.29, 1.82) is 0 Å². The van der Waals surface area contributed by atoms with Gasteiger partial charge in [0.25, 0.3) is 5.91 Å². The quantitative estimate of drug-likeness (QED) is 0.197. The summed E-state index contributed by atoms with van der Waals surface area (Å²) in [5, 5.41) is 17.8. The molecule has 0 unspecified atom stereocenters. The maximum atomic E-state index is 13.0. The van der Waals surface area contributed by atoms with Crippen molar-refractivity contribution in [3.63, 3.8) is 0 Å². The first-order valence-corrected chi connectivity index (χ1v) is 9.78. The number of carbonyl (C=O) groups is 4. The number of nitrogens with two attached hydrogens (primary N) is 1. The van der Waals surface area contributed by atoms with Gasteiger partial charge in [0.15, 0.2) is 0 Å². The smallest absolute Gasteiger partial charge is 0.325 e. The molecule has 1 aliphatic rings. The van der Waals surface area contributed by atoms with Crippen LogP contribution < -0.4 is 16.5 Å². The van der Waals surface area contributed by atoms with Crippen LogP contribution in [-0.4, -0.2) is 46.6 Å². The van der Waals surface area contributed by atoms with E-state index >= 15 is 0 Å². The highest BCUT2D eigenvalue weighted by Crippen LogP contribution is 2.29. The van der Waals surface area contributed by atoms with Gasteiger partial charge in [0.05, 0.1) is 18.7 Å². The normalized spacial score (nSPS) is 18.5. The zero-order valence-corrected chi connectivity index (χ0v) is 18.5. The summed E-state index contributed by atoms with van der Waals surface area (Å²) in [5.41, 5.74) is 0.501. The van der Waals surface area contributed by atoms with E-state index in [0.717, 1.165) is 10.5 Å². The van der Waals surface area contributed by atoms with Crippen molar-refractivity contribution in [2.75, 3.05) is 6.54 Å². The van der Waals surface area contributed by atoms with Crippen molar-refractivity contribution in [3.05, 3.63) is 71.3 Å². The van der Waals surface area contributed by atoms with E-state index < -0.39 is 41.9 Å². The molecule has 0 aromatic heterocycles. The standard InChI is InChI=1S/C22H23N5O5.ClH/c1-22(16-9-7-14(8-10-16)12-24-23)20(31)27(21(32)26-22)13-18(28)25-17(11-19(29)30)15-5-3-2-4-6-15;/h2-10,12,17H,11,13,23H2,1H3,(H,25,28)(H,26,32)(H,29,30);1H/t17-,22-;/m0./s1. The van der Waals surface area contributed by atoms with E-state index in [0.29, 0.717) is 11.1 Å². The summed E-state index contributed by atoms with van der Waals surface area (Å²) in [6, 6.07) is 13.8. The Balaban J connectivity index is 0.00000385. The lowest BCUT2D eigenvalue weighted by molar-refractivity contribution is -0.138. The number of aliphatic carboxylic acids is 1. The van der Waals surface area contributed by atoms with E-state index in [-0.39, 0.29) is 18.8 Å². The average Bonchev–Trinajstić information content (AvgIpc) is 2.98. The van der Waals surface area contributed by atoms with Gasteiger partial charge in [-0.3, -0.25) is 19.3 Å². The fourth-order valence-electron chi connectivity index (χ4n) is 3.52. The number of hydrazone groups is 1. The summed E-state index contributed by atoms with van der Waals surface area (Å²) in [4.78, 5) is 50.2. The van der Waals surface area contributed by atoms with Crippen LogP contribution in [-0.2, 0) is 19.9 Å². The number of halogens is 1. The van der Waals surface area contributed by atoms with Crippen LogP contribution in [0.4, 0.5) is 4.79 Å². The van der Waals surface area contributed by atoms with Crippen LogP contribution in [0.2, 0.25) is 0 Å². The minimum atomic E-state index is -1.35. The number of nitrogens with one attached hydrogen (secondary N) is 2. The summed E-state index contributed by atoms with van der Waals surface area (Å²) >= 11 is 0. The lowest BCUT2D eigenvalue weighted by Crippen LogP contribution is -2.44. The van der Waals surface area contributed by atoms with E-state index in [1.54, 1.807) is 61.5 Å². The Morgan fingerprint density at radius 1 is 1.18 bits per heavy atom. The van der Waals surface area contributed by atoms with Gasteiger partial charge in [-0.05, 0) is 23.6 Å². The zero-order chi connectivity index (χ0) is 23.3.